The van der Waals surface area contributed by atoms with Crippen molar-refractivity contribution < 1.29 is 0 Å². The van der Waals surface area contributed by atoms with Crippen LogP contribution in [0.1, 0.15) is 5.69 Å². The molecular formula is C8H10N4S. The number of hydrogen-bond acceptors (Lipinski definition) is 5. The molecule has 0 unspecified atom stereocenters. The first-order chi connectivity index (χ1) is 6.34. The van der Waals surface area contributed by atoms with Crippen LogP contribution in [-0.4, -0.2) is 26.9 Å². The number of hydrogen-bond donors (Lipinski definition) is 1. The van der Waals surface area contributed by atoms with Crippen LogP contribution in [0.15, 0.2) is 23.6 Å². The minimum Gasteiger partial charge on any atom is -0.379 e. The molecule has 68 valence electrons. The molecular weight excluding hydrogens is 184 g/mol. The van der Waals surface area contributed by atoms with E-state index in [-0.39, 0.29) is 6.04 Å². The monoisotopic (exact) mass is 194 g/mol. The minimum atomic E-state index is 0.279. The number of thioether (sulfide) groups is 1. The van der Waals surface area contributed by atoms with Crippen molar-refractivity contribution in [3.8, 4) is 0 Å². The maximum Gasteiger partial charge on any atom is 0.154 e. The van der Waals surface area contributed by atoms with Gasteiger partial charge in [-0.2, -0.15) is 0 Å². The molecule has 1 atom stereocenters. The minimum absolute atomic E-state index is 0.279. The Bertz CT molecular complexity index is 311. The summed E-state index contributed by atoms with van der Waals surface area (Å²) in [6.07, 6.45) is 5.98. The molecule has 2 rings (SSSR count). The quantitative estimate of drug-likeness (QED) is 0.742. The van der Waals surface area contributed by atoms with Gasteiger partial charge in [0.1, 0.15) is 0 Å². The Morgan fingerprint density at radius 2 is 2.46 bits per heavy atom. The van der Waals surface area contributed by atoms with Crippen LogP contribution >= 0.6 is 11.8 Å². The molecule has 2 heterocycles. The standard InChI is InChI=1S/C8H10N4S/c9-8-12-7(5-13-8)3-6-4-10-1-2-11-6/h1-2,4,7H,3,5H2,(H2,9,12)/t7-/m0/s1. The lowest BCUT2D eigenvalue weighted by molar-refractivity contribution is 0.740. The number of amidine groups is 1. The average molecular weight is 194 g/mol. The Morgan fingerprint density at radius 3 is 3.08 bits per heavy atom. The highest BCUT2D eigenvalue weighted by Gasteiger charge is 2.16. The van der Waals surface area contributed by atoms with Gasteiger partial charge in [-0.15, -0.1) is 0 Å². The fourth-order valence-corrected chi connectivity index (χ4v) is 2.00. The molecule has 0 aromatic carbocycles. The van der Waals surface area contributed by atoms with Gasteiger partial charge in [0.25, 0.3) is 0 Å². The Kier molecular flexibility index (Phi) is 2.44. The number of aliphatic imine (C=N–C) groups is 1. The molecule has 0 aliphatic carbocycles. The van der Waals surface area contributed by atoms with E-state index >= 15 is 0 Å². The van der Waals surface area contributed by atoms with E-state index in [1.54, 1.807) is 30.4 Å². The second-order valence-electron chi connectivity index (χ2n) is 2.83. The third-order valence-corrected chi connectivity index (χ3v) is 2.75. The van der Waals surface area contributed by atoms with Crippen LogP contribution in [-0.2, 0) is 6.42 Å². The summed E-state index contributed by atoms with van der Waals surface area (Å²) in [4.78, 5) is 12.5. The van der Waals surface area contributed by atoms with Crippen molar-refractivity contribution in [3.05, 3.63) is 24.3 Å². The van der Waals surface area contributed by atoms with Gasteiger partial charge in [0.2, 0.25) is 0 Å². The van der Waals surface area contributed by atoms with Crippen molar-refractivity contribution in [1.29, 1.82) is 0 Å². The van der Waals surface area contributed by atoms with Crippen LogP contribution < -0.4 is 5.73 Å². The number of nitrogens with two attached hydrogens (primary N) is 1. The summed E-state index contributed by atoms with van der Waals surface area (Å²) >= 11 is 1.60. The van der Waals surface area contributed by atoms with Crippen LogP contribution in [0.4, 0.5) is 0 Å². The normalized spacial score (nSPS) is 21.5. The molecule has 13 heavy (non-hydrogen) atoms. The molecule has 1 aromatic heterocycles. The van der Waals surface area contributed by atoms with Gasteiger partial charge >= 0.3 is 0 Å². The molecule has 1 aliphatic rings. The fourth-order valence-electron chi connectivity index (χ4n) is 1.22. The molecule has 1 aromatic rings. The van der Waals surface area contributed by atoms with Gasteiger partial charge in [0.05, 0.1) is 11.7 Å². The van der Waals surface area contributed by atoms with E-state index in [0.29, 0.717) is 5.17 Å². The number of rotatable bonds is 2. The highest BCUT2D eigenvalue weighted by molar-refractivity contribution is 8.14. The fraction of sp³-hybridized carbons (Fsp3) is 0.375. The van der Waals surface area contributed by atoms with Crippen molar-refractivity contribution >= 4 is 16.9 Å². The molecule has 0 spiro atoms. The van der Waals surface area contributed by atoms with Crippen molar-refractivity contribution in [2.45, 2.75) is 12.5 Å². The third-order valence-electron chi connectivity index (χ3n) is 1.79. The van der Waals surface area contributed by atoms with Gasteiger partial charge in [-0.1, -0.05) is 11.8 Å². The lowest BCUT2D eigenvalue weighted by Gasteiger charge is -2.02. The first-order valence-corrected chi connectivity index (χ1v) is 5.04. The summed E-state index contributed by atoms with van der Waals surface area (Å²) in [5, 5.41) is 0.689. The number of aromatic nitrogens is 2. The summed E-state index contributed by atoms with van der Waals surface area (Å²) in [5.74, 6) is 0.961. The van der Waals surface area contributed by atoms with Crippen molar-refractivity contribution in [2.75, 3.05) is 5.75 Å². The molecule has 5 heteroatoms. The zero-order valence-corrected chi connectivity index (χ0v) is 7.87. The largest absolute Gasteiger partial charge is 0.379 e. The summed E-state index contributed by atoms with van der Waals surface area (Å²) < 4.78 is 0. The van der Waals surface area contributed by atoms with Crippen molar-refractivity contribution in [3.63, 3.8) is 0 Å². The molecule has 0 fully saturated rings. The Labute approximate surface area is 80.7 Å². The molecule has 0 bridgehead atoms. The van der Waals surface area contributed by atoms with E-state index in [9.17, 15) is 0 Å². The van der Waals surface area contributed by atoms with E-state index in [1.807, 2.05) is 0 Å². The van der Waals surface area contributed by atoms with Gasteiger partial charge in [-0.25, -0.2) is 0 Å². The third kappa shape index (κ3) is 2.18. The van der Waals surface area contributed by atoms with E-state index < -0.39 is 0 Å². The predicted octanol–water partition coefficient (Wildman–Crippen LogP) is 0.449. The van der Waals surface area contributed by atoms with Crippen LogP contribution in [0.5, 0.6) is 0 Å². The SMILES string of the molecule is NC1=N[C@@H](Cc2cnccn2)CS1. The summed E-state index contributed by atoms with van der Waals surface area (Å²) in [7, 11) is 0. The molecule has 0 amide bonds. The molecule has 0 saturated heterocycles. The molecule has 0 radical (unpaired) electrons. The molecule has 4 nitrogen and oxygen atoms in total. The molecule has 1 aliphatic heterocycles. The second-order valence-corrected chi connectivity index (χ2v) is 3.87. The van der Waals surface area contributed by atoms with E-state index in [0.717, 1.165) is 17.9 Å². The summed E-state index contributed by atoms with van der Waals surface area (Å²) in [5.41, 5.74) is 6.53. The lowest BCUT2D eigenvalue weighted by Crippen LogP contribution is -2.09. The zero-order chi connectivity index (χ0) is 9.10. The first-order valence-electron chi connectivity index (χ1n) is 4.05. The predicted molar refractivity (Wildman–Crippen MR) is 53.6 cm³/mol. The summed E-state index contributed by atoms with van der Waals surface area (Å²) in [6, 6.07) is 0.279. The first kappa shape index (κ1) is 8.50. The van der Waals surface area contributed by atoms with E-state index in [4.69, 9.17) is 5.73 Å². The second kappa shape index (κ2) is 3.74. The van der Waals surface area contributed by atoms with Crippen LogP contribution in [0, 0.1) is 0 Å². The Hall–Kier alpha value is -1.10. The highest BCUT2D eigenvalue weighted by Crippen LogP contribution is 2.17. The van der Waals surface area contributed by atoms with Crippen LogP contribution in [0.3, 0.4) is 0 Å². The topological polar surface area (TPSA) is 64.2 Å². The van der Waals surface area contributed by atoms with Crippen LogP contribution in [0.25, 0.3) is 0 Å². The summed E-state index contributed by atoms with van der Waals surface area (Å²) in [6.45, 7) is 0. The van der Waals surface area contributed by atoms with Gasteiger partial charge in [-0.3, -0.25) is 15.0 Å². The Morgan fingerprint density at radius 1 is 1.54 bits per heavy atom. The van der Waals surface area contributed by atoms with E-state index in [1.165, 1.54) is 0 Å². The van der Waals surface area contributed by atoms with Gasteiger partial charge in [0, 0.05) is 30.8 Å². The highest BCUT2D eigenvalue weighted by atomic mass is 32.2. The van der Waals surface area contributed by atoms with Gasteiger partial charge < -0.3 is 5.73 Å². The van der Waals surface area contributed by atoms with Crippen molar-refractivity contribution in [1.82, 2.24) is 9.97 Å². The van der Waals surface area contributed by atoms with Gasteiger partial charge in [-0.05, 0) is 0 Å². The van der Waals surface area contributed by atoms with Gasteiger partial charge in [0.15, 0.2) is 5.17 Å². The van der Waals surface area contributed by atoms with Crippen molar-refractivity contribution in [2.24, 2.45) is 10.7 Å². The number of nitrogens with zero attached hydrogens (tertiary/aromatic N) is 3. The zero-order valence-electron chi connectivity index (χ0n) is 7.05. The van der Waals surface area contributed by atoms with Crippen LogP contribution in [0.2, 0.25) is 0 Å². The van der Waals surface area contributed by atoms with E-state index in [2.05, 4.69) is 15.0 Å². The maximum atomic E-state index is 5.56. The lowest BCUT2D eigenvalue weighted by atomic mass is 10.2. The average Bonchev–Trinajstić information content (AvgIpc) is 2.53. The smallest absolute Gasteiger partial charge is 0.154 e. The molecule has 0 saturated carbocycles. The maximum absolute atomic E-state index is 5.56. The molecule has 2 N–H and O–H groups in total. The Balaban J connectivity index is 2.00.